The summed E-state index contributed by atoms with van der Waals surface area (Å²) < 4.78 is 32.3. The Balaban J connectivity index is 1.57. The number of carboxylic acid groups (broad SMARTS) is 1. The van der Waals surface area contributed by atoms with Crippen LogP contribution in [0.3, 0.4) is 0 Å². The number of likely N-dealkylation sites (tertiary alicyclic amines) is 1. The van der Waals surface area contributed by atoms with Crippen molar-refractivity contribution >= 4 is 16.0 Å². The number of likely N-dealkylation sites (N-methyl/N-ethyl adjacent to an activating group) is 1. The minimum atomic E-state index is -3.51. The van der Waals surface area contributed by atoms with Gasteiger partial charge in [0.1, 0.15) is 5.76 Å². The average Bonchev–Trinajstić information content (AvgIpc) is 3.24. The van der Waals surface area contributed by atoms with Gasteiger partial charge in [0.2, 0.25) is 5.09 Å². The van der Waals surface area contributed by atoms with Crippen molar-refractivity contribution in [2.75, 3.05) is 39.8 Å². The fraction of sp³-hybridized carbons (Fsp3) is 0.722. The van der Waals surface area contributed by atoms with Crippen molar-refractivity contribution in [1.82, 2.24) is 14.1 Å². The van der Waals surface area contributed by atoms with Gasteiger partial charge >= 0.3 is 5.97 Å². The van der Waals surface area contributed by atoms with Crippen LogP contribution in [0.25, 0.3) is 0 Å². The third-order valence-electron chi connectivity index (χ3n) is 5.47. The monoisotopic (exact) mass is 399 g/mol. The fourth-order valence-corrected chi connectivity index (χ4v) is 5.38. The molecule has 1 aromatic rings. The number of nitrogens with zero attached hydrogens (tertiary/aromatic N) is 3. The SMILES string of the molecule is CN(CC(=O)O)C1CCCN(Cc2ccc(S(=O)(=O)N3CCCC3)o2)CC1. The summed E-state index contributed by atoms with van der Waals surface area (Å²) in [6, 6.07) is 3.57. The van der Waals surface area contributed by atoms with Crippen LogP contribution in [-0.4, -0.2) is 79.4 Å². The third-order valence-corrected chi connectivity index (χ3v) is 7.25. The normalized spacial score (nSPS) is 23.0. The van der Waals surface area contributed by atoms with E-state index in [1.165, 1.54) is 4.31 Å². The molecule has 0 spiro atoms. The quantitative estimate of drug-likeness (QED) is 0.741. The number of rotatable bonds is 7. The summed E-state index contributed by atoms with van der Waals surface area (Å²) in [7, 11) is -1.65. The molecule has 0 radical (unpaired) electrons. The minimum Gasteiger partial charge on any atom is -0.480 e. The Labute approximate surface area is 160 Å². The maximum Gasteiger partial charge on any atom is 0.317 e. The molecule has 9 heteroatoms. The predicted molar refractivity (Wildman–Crippen MR) is 99.9 cm³/mol. The van der Waals surface area contributed by atoms with Crippen LogP contribution in [0.5, 0.6) is 0 Å². The number of carbonyl (C=O) groups is 1. The molecular weight excluding hydrogens is 370 g/mol. The fourth-order valence-electron chi connectivity index (χ4n) is 3.94. The van der Waals surface area contributed by atoms with E-state index in [4.69, 9.17) is 9.52 Å². The van der Waals surface area contributed by atoms with Gasteiger partial charge in [0.25, 0.3) is 10.0 Å². The Morgan fingerprint density at radius 2 is 1.93 bits per heavy atom. The van der Waals surface area contributed by atoms with Crippen molar-refractivity contribution < 1.29 is 22.7 Å². The molecule has 8 nitrogen and oxygen atoms in total. The lowest BCUT2D eigenvalue weighted by molar-refractivity contribution is -0.138. The van der Waals surface area contributed by atoms with E-state index in [1.54, 1.807) is 12.1 Å². The standard InChI is InChI=1S/C18H29N3O5S/c1-19(14-17(22)23)15-5-4-9-20(12-8-15)13-16-6-7-18(26-16)27(24,25)21-10-2-3-11-21/h6-7,15H,2-5,8-14H2,1H3,(H,22,23). The van der Waals surface area contributed by atoms with Crippen molar-refractivity contribution in [2.24, 2.45) is 0 Å². The molecule has 2 aliphatic rings. The van der Waals surface area contributed by atoms with Gasteiger partial charge in [0.05, 0.1) is 13.1 Å². The Morgan fingerprint density at radius 3 is 2.63 bits per heavy atom. The Kier molecular flexibility index (Phi) is 6.56. The van der Waals surface area contributed by atoms with E-state index in [0.29, 0.717) is 25.4 Å². The molecule has 0 amide bonds. The molecule has 2 fully saturated rings. The Morgan fingerprint density at radius 1 is 1.19 bits per heavy atom. The zero-order valence-corrected chi connectivity index (χ0v) is 16.7. The maximum atomic E-state index is 12.6. The van der Waals surface area contributed by atoms with Crippen molar-refractivity contribution in [1.29, 1.82) is 0 Å². The lowest BCUT2D eigenvalue weighted by Gasteiger charge is -2.25. The van der Waals surface area contributed by atoms with E-state index >= 15 is 0 Å². The summed E-state index contributed by atoms with van der Waals surface area (Å²) in [5, 5.41) is 9.00. The molecule has 2 aliphatic heterocycles. The summed E-state index contributed by atoms with van der Waals surface area (Å²) in [4.78, 5) is 15.1. The molecular formula is C18H29N3O5S. The maximum absolute atomic E-state index is 12.6. The van der Waals surface area contributed by atoms with E-state index in [1.807, 2.05) is 11.9 Å². The van der Waals surface area contributed by atoms with Gasteiger partial charge in [-0.1, -0.05) is 0 Å². The van der Waals surface area contributed by atoms with Gasteiger partial charge in [-0.2, -0.15) is 4.31 Å². The smallest absolute Gasteiger partial charge is 0.317 e. The Hall–Kier alpha value is -1.42. The van der Waals surface area contributed by atoms with Crippen molar-refractivity contribution in [3.8, 4) is 0 Å². The van der Waals surface area contributed by atoms with Gasteiger partial charge in [0, 0.05) is 25.7 Å². The van der Waals surface area contributed by atoms with E-state index in [-0.39, 0.29) is 17.7 Å². The molecule has 27 heavy (non-hydrogen) atoms. The summed E-state index contributed by atoms with van der Waals surface area (Å²) >= 11 is 0. The molecule has 1 N–H and O–H groups in total. The Bertz CT molecular complexity index is 742. The molecule has 0 bridgehead atoms. The second-order valence-corrected chi connectivity index (χ2v) is 9.37. The van der Waals surface area contributed by atoms with Gasteiger partial charge in [-0.3, -0.25) is 14.6 Å². The van der Waals surface area contributed by atoms with Crippen LogP contribution in [0.1, 0.15) is 37.9 Å². The van der Waals surface area contributed by atoms with Crippen LogP contribution in [0.4, 0.5) is 0 Å². The van der Waals surface area contributed by atoms with Crippen LogP contribution in [-0.2, 0) is 21.4 Å². The molecule has 1 unspecified atom stereocenters. The predicted octanol–water partition coefficient (Wildman–Crippen LogP) is 1.44. The number of carboxylic acids is 1. The van der Waals surface area contributed by atoms with Crippen LogP contribution in [0.15, 0.2) is 21.6 Å². The molecule has 0 aromatic carbocycles. The molecule has 152 valence electrons. The molecule has 0 aliphatic carbocycles. The highest BCUT2D eigenvalue weighted by atomic mass is 32.2. The molecule has 0 saturated carbocycles. The van der Waals surface area contributed by atoms with E-state index in [2.05, 4.69) is 4.90 Å². The van der Waals surface area contributed by atoms with Crippen molar-refractivity contribution in [3.63, 3.8) is 0 Å². The average molecular weight is 400 g/mol. The highest BCUT2D eigenvalue weighted by molar-refractivity contribution is 7.89. The number of hydrogen-bond donors (Lipinski definition) is 1. The molecule has 1 atom stereocenters. The largest absolute Gasteiger partial charge is 0.480 e. The first kappa shape index (κ1) is 20.3. The van der Waals surface area contributed by atoms with E-state index in [0.717, 1.165) is 45.2 Å². The zero-order valence-electron chi connectivity index (χ0n) is 15.8. The molecule has 2 saturated heterocycles. The third kappa shape index (κ3) is 5.10. The molecule has 1 aromatic heterocycles. The van der Waals surface area contributed by atoms with Gasteiger partial charge in [0.15, 0.2) is 0 Å². The first-order chi connectivity index (χ1) is 12.9. The van der Waals surface area contributed by atoms with Crippen LogP contribution < -0.4 is 0 Å². The summed E-state index contributed by atoms with van der Waals surface area (Å²) in [6.07, 6.45) is 4.64. The first-order valence-electron chi connectivity index (χ1n) is 9.59. The minimum absolute atomic E-state index is 0.0355. The van der Waals surface area contributed by atoms with E-state index in [9.17, 15) is 13.2 Å². The summed E-state index contributed by atoms with van der Waals surface area (Å²) in [5.74, 6) is -0.147. The molecule has 3 heterocycles. The van der Waals surface area contributed by atoms with Crippen LogP contribution in [0, 0.1) is 0 Å². The first-order valence-corrected chi connectivity index (χ1v) is 11.0. The number of hydrogen-bond acceptors (Lipinski definition) is 6. The van der Waals surface area contributed by atoms with Crippen molar-refractivity contribution in [2.45, 2.75) is 49.8 Å². The molecule has 3 rings (SSSR count). The number of aliphatic carboxylic acids is 1. The lowest BCUT2D eigenvalue weighted by atomic mass is 10.1. The van der Waals surface area contributed by atoms with Crippen LogP contribution >= 0.6 is 0 Å². The summed E-state index contributed by atoms with van der Waals surface area (Å²) in [5.41, 5.74) is 0. The lowest BCUT2D eigenvalue weighted by Crippen LogP contribution is -2.36. The van der Waals surface area contributed by atoms with E-state index < -0.39 is 16.0 Å². The van der Waals surface area contributed by atoms with Crippen LogP contribution in [0.2, 0.25) is 0 Å². The topological polar surface area (TPSA) is 94.3 Å². The van der Waals surface area contributed by atoms with Gasteiger partial charge in [-0.05, 0) is 57.8 Å². The highest BCUT2D eigenvalue weighted by Gasteiger charge is 2.30. The van der Waals surface area contributed by atoms with Gasteiger partial charge in [-0.25, -0.2) is 8.42 Å². The highest BCUT2D eigenvalue weighted by Crippen LogP contribution is 2.24. The van der Waals surface area contributed by atoms with Crippen molar-refractivity contribution in [3.05, 3.63) is 17.9 Å². The number of furan rings is 1. The zero-order chi connectivity index (χ0) is 19.4. The van der Waals surface area contributed by atoms with Gasteiger partial charge in [-0.15, -0.1) is 0 Å². The van der Waals surface area contributed by atoms with Gasteiger partial charge < -0.3 is 9.52 Å². The second kappa shape index (κ2) is 8.72. The number of sulfonamides is 1. The second-order valence-electron chi connectivity index (χ2n) is 7.50. The summed E-state index contributed by atoms with van der Waals surface area (Å²) in [6.45, 7) is 3.49.